The third-order valence-corrected chi connectivity index (χ3v) is 7.27. The third-order valence-electron chi connectivity index (χ3n) is 5.96. The van der Waals surface area contributed by atoms with Gasteiger partial charge in [0.2, 0.25) is 0 Å². The molecule has 0 saturated heterocycles. The summed E-state index contributed by atoms with van der Waals surface area (Å²) in [4.78, 5) is 0. The van der Waals surface area contributed by atoms with Crippen LogP contribution in [0.3, 0.4) is 0 Å². The monoisotopic (exact) mass is 507 g/mol. The Balaban J connectivity index is 0. The quantitative estimate of drug-likeness (QED) is 0.0722. The van der Waals surface area contributed by atoms with Crippen LogP contribution in [0.15, 0.2) is 12.7 Å². The largest absolute Gasteiger partial charge is 0.327 e. The van der Waals surface area contributed by atoms with Gasteiger partial charge in [-0.05, 0) is 19.3 Å². The summed E-state index contributed by atoms with van der Waals surface area (Å²) in [5, 5.41) is 0. The Bertz CT molecular complexity index is 486. The van der Waals surface area contributed by atoms with E-state index in [1.807, 2.05) is 0 Å². The molecule has 4 nitrogen and oxygen atoms in total. The van der Waals surface area contributed by atoms with E-state index in [4.69, 9.17) is 9.92 Å². The van der Waals surface area contributed by atoms with E-state index in [0.29, 0.717) is 26.0 Å². The van der Waals surface area contributed by atoms with Gasteiger partial charge in [-0.25, -0.2) is 0 Å². The van der Waals surface area contributed by atoms with Crippen LogP contribution in [0.5, 0.6) is 0 Å². The minimum Gasteiger partial charge on any atom is -0.327 e. The maximum absolute atomic E-state index is 12.0. The van der Waals surface area contributed by atoms with Gasteiger partial charge in [0.1, 0.15) is 0 Å². The minimum atomic E-state index is -3.34. The smallest absolute Gasteiger partial charge is 0.267 e. The second-order valence-corrected chi connectivity index (χ2v) is 11.1. The first-order valence-electron chi connectivity index (χ1n) is 14.3. The summed E-state index contributed by atoms with van der Waals surface area (Å²) in [5.41, 5.74) is 4.91. The van der Waals surface area contributed by atoms with Crippen LogP contribution in [0.25, 0.3) is 0 Å². The number of halogens is 1. The molecule has 0 heterocycles. The van der Waals surface area contributed by atoms with Crippen LogP contribution >= 0.6 is 0 Å². The Labute approximate surface area is 212 Å². The molecular formula is C28H58FNO3S. The van der Waals surface area contributed by atoms with Crippen molar-refractivity contribution in [3.8, 4) is 0 Å². The van der Waals surface area contributed by atoms with Gasteiger partial charge in [0.25, 0.3) is 10.1 Å². The number of hydrogen-bond donors (Lipinski definition) is 1. The summed E-state index contributed by atoms with van der Waals surface area (Å²) in [6.45, 7) is 6.33. The highest BCUT2D eigenvalue weighted by Gasteiger charge is 2.10. The lowest BCUT2D eigenvalue weighted by molar-refractivity contribution is 0.305. The first-order chi connectivity index (χ1) is 16.5. The van der Waals surface area contributed by atoms with Crippen molar-refractivity contribution in [2.45, 2.75) is 142 Å². The molecule has 0 aromatic rings. The standard InChI is InChI=1S/C25H51FO3S.C3H7N/c1-2-3-4-5-6-7-8-9-10-12-15-18-21-24-29-30(27,28)25-22-19-16-13-11-14-17-20-23-26;1-2-3-4/h2-25H2,1H3;2H,1,3-4H2. The molecule has 6 heteroatoms. The van der Waals surface area contributed by atoms with Crippen molar-refractivity contribution in [1.29, 1.82) is 0 Å². The summed E-state index contributed by atoms with van der Waals surface area (Å²) in [5.74, 6) is 0.146. The Morgan fingerprint density at radius 3 is 1.41 bits per heavy atom. The predicted octanol–water partition coefficient (Wildman–Crippen LogP) is 8.65. The summed E-state index contributed by atoms with van der Waals surface area (Å²) in [6, 6.07) is 0. The van der Waals surface area contributed by atoms with E-state index in [2.05, 4.69) is 13.5 Å². The van der Waals surface area contributed by atoms with Gasteiger partial charge in [0, 0.05) is 6.54 Å². The van der Waals surface area contributed by atoms with Gasteiger partial charge in [0.15, 0.2) is 0 Å². The third kappa shape index (κ3) is 33.7. The first kappa shape index (κ1) is 35.7. The van der Waals surface area contributed by atoms with Gasteiger partial charge in [-0.15, -0.1) is 6.58 Å². The molecule has 0 aliphatic carbocycles. The van der Waals surface area contributed by atoms with Crippen LogP contribution in [-0.4, -0.2) is 34.0 Å². The zero-order valence-corrected chi connectivity index (χ0v) is 23.4. The van der Waals surface area contributed by atoms with Crippen LogP contribution in [-0.2, 0) is 14.3 Å². The summed E-state index contributed by atoms with van der Waals surface area (Å²) in [6.07, 6.45) is 26.0. The molecule has 0 saturated carbocycles. The van der Waals surface area contributed by atoms with Gasteiger partial charge in [-0.2, -0.15) is 8.42 Å². The van der Waals surface area contributed by atoms with E-state index in [9.17, 15) is 12.8 Å². The van der Waals surface area contributed by atoms with Crippen molar-refractivity contribution in [2.24, 2.45) is 5.73 Å². The molecule has 0 bridgehead atoms. The maximum atomic E-state index is 12.0. The predicted molar refractivity (Wildman–Crippen MR) is 148 cm³/mol. The Hall–Kier alpha value is -0.460. The van der Waals surface area contributed by atoms with Gasteiger partial charge in [-0.1, -0.05) is 129 Å². The Morgan fingerprint density at radius 2 is 1.03 bits per heavy atom. The summed E-state index contributed by atoms with van der Waals surface area (Å²) >= 11 is 0. The molecule has 2 N–H and O–H groups in total. The van der Waals surface area contributed by atoms with Crippen LogP contribution < -0.4 is 5.73 Å². The molecule has 0 fully saturated rings. The molecule has 0 rings (SSSR count). The zero-order valence-electron chi connectivity index (χ0n) is 22.6. The highest BCUT2D eigenvalue weighted by atomic mass is 32.2. The van der Waals surface area contributed by atoms with E-state index >= 15 is 0 Å². The highest BCUT2D eigenvalue weighted by molar-refractivity contribution is 7.86. The highest BCUT2D eigenvalue weighted by Crippen LogP contribution is 2.13. The molecule has 0 aliphatic heterocycles. The second-order valence-electron chi connectivity index (χ2n) is 9.37. The van der Waals surface area contributed by atoms with Crippen molar-refractivity contribution >= 4 is 10.1 Å². The Morgan fingerprint density at radius 1 is 0.676 bits per heavy atom. The topological polar surface area (TPSA) is 69.4 Å². The number of rotatable bonds is 26. The van der Waals surface area contributed by atoms with E-state index in [1.54, 1.807) is 6.08 Å². The van der Waals surface area contributed by atoms with Gasteiger partial charge in [-0.3, -0.25) is 8.57 Å². The van der Waals surface area contributed by atoms with Crippen molar-refractivity contribution in [3.63, 3.8) is 0 Å². The van der Waals surface area contributed by atoms with Gasteiger partial charge >= 0.3 is 0 Å². The van der Waals surface area contributed by atoms with Crippen molar-refractivity contribution in [1.82, 2.24) is 0 Å². The average Bonchev–Trinajstić information content (AvgIpc) is 2.83. The molecule has 0 aromatic carbocycles. The molecule has 206 valence electrons. The number of alkyl halides is 1. The van der Waals surface area contributed by atoms with Crippen LogP contribution in [0.1, 0.15) is 142 Å². The Kier molecular flexibility index (Phi) is 32.1. The summed E-state index contributed by atoms with van der Waals surface area (Å²) < 4.78 is 40.9. The normalized spacial score (nSPS) is 11.3. The van der Waals surface area contributed by atoms with Crippen LogP contribution in [0, 0.1) is 0 Å². The lowest BCUT2D eigenvalue weighted by Crippen LogP contribution is -2.11. The van der Waals surface area contributed by atoms with E-state index in [0.717, 1.165) is 51.4 Å². The molecule has 0 aromatic heterocycles. The number of hydrogen-bond acceptors (Lipinski definition) is 4. The van der Waals surface area contributed by atoms with Crippen molar-refractivity contribution in [2.75, 3.05) is 25.6 Å². The van der Waals surface area contributed by atoms with Crippen LogP contribution in [0.4, 0.5) is 4.39 Å². The van der Waals surface area contributed by atoms with E-state index in [1.165, 1.54) is 70.6 Å². The first-order valence-corrected chi connectivity index (χ1v) is 15.9. The van der Waals surface area contributed by atoms with Crippen molar-refractivity contribution < 1.29 is 17.0 Å². The minimum absolute atomic E-state index is 0.146. The molecule has 0 radical (unpaired) electrons. The molecule has 0 unspecified atom stereocenters. The fraction of sp³-hybridized carbons (Fsp3) is 0.929. The van der Waals surface area contributed by atoms with E-state index < -0.39 is 10.1 Å². The molecular weight excluding hydrogens is 449 g/mol. The number of unbranched alkanes of at least 4 members (excludes halogenated alkanes) is 19. The lowest BCUT2D eigenvalue weighted by Gasteiger charge is -2.06. The maximum Gasteiger partial charge on any atom is 0.267 e. The fourth-order valence-electron chi connectivity index (χ4n) is 3.80. The molecule has 0 atom stereocenters. The fourth-order valence-corrected chi connectivity index (χ4v) is 4.85. The van der Waals surface area contributed by atoms with Gasteiger partial charge < -0.3 is 5.73 Å². The molecule has 0 spiro atoms. The van der Waals surface area contributed by atoms with Gasteiger partial charge in [0.05, 0.1) is 19.0 Å². The summed E-state index contributed by atoms with van der Waals surface area (Å²) in [7, 11) is -3.34. The lowest BCUT2D eigenvalue weighted by atomic mass is 10.0. The van der Waals surface area contributed by atoms with Crippen LogP contribution in [0.2, 0.25) is 0 Å². The molecule has 0 aliphatic rings. The molecule has 34 heavy (non-hydrogen) atoms. The zero-order chi connectivity index (χ0) is 25.6. The van der Waals surface area contributed by atoms with E-state index in [-0.39, 0.29) is 12.4 Å². The number of nitrogens with two attached hydrogens (primary N) is 1. The SMILES string of the molecule is C=CCN.CCCCCCCCCCCCCCCOS(=O)(=O)CCCCCCCCCCF. The second kappa shape index (κ2) is 30.6. The molecule has 0 amide bonds. The average molecular weight is 508 g/mol. The van der Waals surface area contributed by atoms with Crippen molar-refractivity contribution in [3.05, 3.63) is 12.7 Å².